The summed E-state index contributed by atoms with van der Waals surface area (Å²) in [6.07, 6.45) is 3.99. The van der Waals surface area contributed by atoms with Crippen LogP contribution in [0.25, 0.3) is 0 Å². The second-order valence-electron chi connectivity index (χ2n) is 4.72. The van der Waals surface area contributed by atoms with Gasteiger partial charge in [-0.3, -0.25) is 0 Å². The average Bonchev–Trinajstić information content (AvgIpc) is 3.07. The molecule has 1 unspecified atom stereocenters. The van der Waals surface area contributed by atoms with Gasteiger partial charge >= 0.3 is 0 Å². The van der Waals surface area contributed by atoms with Gasteiger partial charge in [0.05, 0.1) is 18.3 Å². The first-order valence-electron chi connectivity index (χ1n) is 9.67. The predicted octanol–water partition coefficient (Wildman–Crippen LogP) is 4.06. The molecule has 150 valence electrons. The molecule has 0 saturated heterocycles. The molecule has 2 rings (SSSR count). The number of rotatable bonds is 5. The van der Waals surface area contributed by atoms with Crippen LogP contribution in [0.5, 0.6) is 0 Å². The highest BCUT2D eigenvalue weighted by Gasteiger charge is 2.25. The zero-order chi connectivity index (χ0) is 20.5. The molecule has 0 saturated carbocycles. The van der Waals surface area contributed by atoms with E-state index in [9.17, 15) is 0 Å². The first kappa shape index (κ1) is 26.4. The Morgan fingerprint density at radius 3 is 2.31 bits per heavy atom. The van der Waals surface area contributed by atoms with Gasteiger partial charge in [-0.1, -0.05) is 41.5 Å². The summed E-state index contributed by atoms with van der Waals surface area (Å²) in [6.45, 7) is 17.6. The van der Waals surface area contributed by atoms with Crippen molar-refractivity contribution in [3.05, 3.63) is 34.7 Å². The maximum absolute atomic E-state index is 8.90. The third-order valence-electron chi connectivity index (χ3n) is 3.25. The van der Waals surface area contributed by atoms with Gasteiger partial charge in [-0.15, -0.1) is 0 Å². The van der Waals surface area contributed by atoms with Crippen LogP contribution in [0, 0.1) is 11.3 Å². The van der Waals surface area contributed by atoms with E-state index in [-0.39, 0.29) is 6.04 Å². The fourth-order valence-electron chi connectivity index (χ4n) is 2.29. The maximum Gasteiger partial charge on any atom is 0.117 e. The normalized spacial score (nSPS) is 17.8. The summed E-state index contributed by atoms with van der Waals surface area (Å²) in [5.74, 6) is 0. The van der Waals surface area contributed by atoms with Crippen molar-refractivity contribution in [1.82, 2.24) is 15.8 Å². The lowest BCUT2D eigenvalue weighted by Gasteiger charge is -2.24. The number of nitrogens with zero attached hydrogens (tertiary/aromatic N) is 2. The second kappa shape index (κ2) is 16.6. The summed E-state index contributed by atoms with van der Waals surface area (Å²) in [4.78, 5) is 10.00. The van der Waals surface area contributed by atoms with Gasteiger partial charge in [0.15, 0.2) is 0 Å². The molecule has 0 bridgehead atoms. The molecular weight excluding hydrogens is 328 g/mol. The van der Waals surface area contributed by atoms with E-state index in [1.807, 2.05) is 73.5 Å². The van der Waals surface area contributed by atoms with Gasteiger partial charge < -0.3 is 10.3 Å². The van der Waals surface area contributed by atoms with E-state index in [2.05, 4.69) is 22.9 Å². The minimum absolute atomic E-state index is 0.0863. The van der Waals surface area contributed by atoms with E-state index in [1.54, 1.807) is 0 Å². The Hall–Kier alpha value is -1.81. The Labute approximate surface area is 160 Å². The number of hydrazine groups is 1. The van der Waals surface area contributed by atoms with Gasteiger partial charge in [0.1, 0.15) is 18.4 Å². The van der Waals surface area contributed by atoms with E-state index in [4.69, 9.17) is 15.0 Å². The molecule has 0 radical (unpaired) electrons. The molecule has 1 atom stereocenters. The smallest absolute Gasteiger partial charge is 0.117 e. The highest BCUT2D eigenvalue weighted by molar-refractivity contribution is 5.47. The third kappa shape index (κ3) is 8.52. The van der Waals surface area contributed by atoms with Crippen molar-refractivity contribution < 1.29 is 9.78 Å². The Balaban J connectivity index is 0. The minimum Gasteiger partial charge on any atom is -0.372 e. The first-order valence-corrected chi connectivity index (χ1v) is 9.67. The Bertz CT molecular complexity index is 504. The van der Waals surface area contributed by atoms with E-state index < -0.39 is 0 Å². The zero-order valence-electron chi connectivity index (χ0n) is 18.1. The lowest BCUT2D eigenvalue weighted by atomic mass is 10.0. The van der Waals surface area contributed by atoms with Crippen LogP contribution < -0.4 is 10.7 Å². The molecule has 0 fully saturated rings. The van der Waals surface area contributed by atoms with Crippen molar-refractivity contribution in [3.63, 3.8) is 0 Å². The van der Waals surface area contributed by atoms with Crippen LogP contribution in [0.1, 0.15) is 55.4 Å². The molecule has 0 amide bonds. The van der Waals surface area contributed by atoms with Crippen LogP contribution in [0.15, 0.2) is 34.7 Å². The van der Waals surface area contributed by atoms with E-state index in [0.29, 0.717) is 25.5 Å². The molecule has 2 aliphatic rings. The predicted molar refractivity (Wildman–Crippen MR) is 109 cm³/mol. The maximum atomic E-state index is 8.90. The molecule has 0 aromatic carbocycles. The summed E-state index contributed by atoms with van der Waals surface area (Å²) in [6, 6.07) is 2.22. The van der Waals surface area contributed by atoms with Gasteiger partial charge in [0.25, 0.3) is 0 Å². The van der Waals surface area contributed by atoms with Crippen molar-refractivity contribution in [2.45, 2.75) is 61.4 Å². The topological polar surface area (TPSA) is 69.5 Å². The third-order valence-corrected chi connectivity index (χ3v) is 3.25. The standard InChI is InChI=1S/C14H20N4O2.3C2H6/c1-4-19-20-9-12-6-14(18(3)17-12)13-8-16-11(7-15)5-10(13)2;3*1-2/h5-6,12,16-17H,4,8-9H2,1-3H3;3*1-2H3. The van der Waals surface area contributed by atoms with Crippen molar-refractivity contribution >= 4 is 0 Å². The fourth-order valence-corrected chi connectivity index (χ4v) is 2.29. The summed E-state index contributed by atoms with van der Waals surface area (Å²) < 4.78 is 0. The Morgan fingerprint density at radius 2 is 1.81 bits per heavy atom. The fraction of sp³-hybridized carbons (Fsp3) is 0.650. The summed E-state index contributed by atoms with van der Waals surface area (Å²) in [5, 5.41) is 14.0. The van der Waals surface area contributed by atoms with Crippen LogP contribution in [0.4, 0.5) is 0 Å². The summed E-state index contributed by atoms with van der Waals surface area (Å²) in [7, 11) is 1.97. The van der Waals surface area contributed by atoms with Gasteiger partial charge in [-0.05, 0) is 37.1 Å². The van der Waals surface area contributed by atoms with Crippen molar-refractivity contribution in [2.24, 2.45) is 0 Å². The number of hydrogen-bond donors (Lipinski definition) is 2. The summed E-state index contributed by atoms with van der Waals surface area (Å²) in [5.41, 5.74) is 7.29. The van der Waals surface area contributed by atoms with E-state index >= 15 is 0 Å². The Morgan fingerprint density at radius 1 is 1.19 bits per heavy atom. The lowest BCUT2D eigenvalue weighted by molar-refractivity contribution is -0.293. The molecule has 26 heavy (non-hydrogen) atoms. The molecule has 6 heteroatoms. The van der Waals surface area contributed by atoms with Crippen LogP contribution in [-0.2, 0) is 9.78 Å². The number of hydrogen-bond acceptors (Lipinski definition) is 6. The zero-order valence-corrected chi connectivity index (χ0v) is 18.1. The molecule has 2 N–H and O–H groups in total. The molecular formula is C20H38N4O2. The van der Waals surface area contributed by atoms with Crippen LogP contribution in [0.3, 0.4) is 0 Å². The quantitative estimate of drug-likeness (QED) is 0.434. The number of nitrogens with one attached hydrogen (secondary N) is 2. The number of allylic oxidation sites excluding steroid dienone is 3. The molecule has 0 aromatic rings. The van der Waals surface area contributed by atoms with E-state index in [1.165, 1.54) is 5.57 Å². The van der Waals surface area contributed by atoms with Crippen LogP contribution in [0.2, 0.25) is 0 Å². The van der Waals surface area contributed by atoms with Crippen LogP contribution >= 0.6 is 0 Å². The monoisotopic (exact) mass is 366 g/mol. The molecule has 0 aliphatic carbocycles. The SMILES string of the molecule is CC.CC.CC.CCOOCC1C=C(C2=C(C)C=C(C#N)NC2)N(C)N1. The minimum atomic E-state index is 0.0863. The highest BCUT2D eigenvalue weighted by atomic mass is 17.2. The van der Waals surface area contributed by atoms with Crippen molar-refractivity contribution in [1.29, 1.82) is 5.26 Å². The van der Waals surface area contributed by atoms with E-state index in [0.717, 1.165) is 11.3 Å². The highest BCUT2D eigenvalue weighted by Crippen LogP contribution is 2.24. The van der Waals surface area contributed by atoms with Gasteiger partial charge in [-0.25, -0.2) is 15.2 Å². The van der Waals surface area contributed by atoms with Crippen molar-refractivity contribution in [2.75, 3.05) is 26.8 Å². The Kier molecular flexibility index (Phi) is 16.9. The summed E-state index contributed by atoms with van der Waals surface area (Å²) >= 11 is 0. The molecule has 2 heterocycles. The van der Waals surface area contributed by atoms with Gasteiger partial charge in [0, 0.05) is 13.6 Å². The molecule has 6 nitrogen and oxygen atoms in total. The second-order valence-corrected chi connectivity index (χ2v) is 4.72. The molecule has 0 aromatic heterocycles. The number of likely N-dealkylation sites (N-methyl/N-ethyl adjacent to an activating group) is 1. The average molecular weight is 367 g/mol. The largest absolute Gasteiger partial charge is 0.372 e. The van der Waals surface area contributed by atoms with Crippen molar-refractivity contribution in [3.8, 4) is 6.07 Å². The first-order chi connectivity index (χ1) is 12.7. The molecule has 0 spiro atoms. The molecule has 2 aliphatic heterocycles. The number of dihydropyridines is 1. The lowest BCUT2D eigenvalue weighted by Crippen LogP contribution is -2.37. The van der Waals surface area contributed by atoms with Gasteiger partial charge in [-0.2, -0.15) is 5.26 Å². The van der Waals surface area contributed by atoms with Crippen LogP contribution in [-0.4, -0.2) is 37.9 Å². The number of nitriles is 1. The van der Waals surface area contributed by atoms with Gasteiger partial charge in [0.2, 0.25) is 0 Å².